The van der Waals surface area contributed by atoms with Gasteiger partial charge >= 0.3 is 11.3 Å². The van der Waals surface area contributed by atoms with E-state index >= 15 is 0 Å². The quantitative estimate of drug-likeness (QED) is 0.443. The third-order valence-corrected chi connectivity index (χ3v) is 5.63. The van der Waals surface area contributed by atoms with E-state index in [9.17, 15) is 24.6 Å². The normalized spacial score (nSPS) is 11.3. The van der Waals surface area contributed by atoms with Gasteiger partial charge < -0.3 is 19.0 Å². The van der Waals surface area contributed by atoms with Gasteiger partial charge in [-0.2, -0.15) is 0 Å². The second-order valence-corrected chi connectivity index (χ2v) is 7.69. The van der Waals surface area contributed by atoms with Crippen LogP contribution in [0.5, 0.6) is 11.5 Å². The zero-order chi connectivity index (χ0) is 23.0. The monoisotopic (exact) mass is 434 g/mol. The van der Waals surface area contributed by atoms with Gasteiger partial charge in [0.05, 0.1) is 21.9 Å². The van der Waals surface area contributed by atoms with Crippen molar-refractivity contribution in [2.45, 2.75) is 39.5 Å². The molecule has 0 aliphatic heterocycles. The zero-order valence-corrected chi connectivity index (χ0v) is 17.7. The van der Waals surface area contributed by atoms with Crippen LogP contribution in [0.3, 0.4) is 0 Å². The van der Waals surface area contributed by atoms with E-state index < -0.39 is 29.9 Å². The largest absolute Gasteiger partial charge is 0.507 e. The number of carbonyl (C=O) groups excluding carboxylic acids is 1. The number of ketones is 1. The summed E-state index contributed by atoms with van der Waals surface area (Å²) in [6, 6.07) is 10.2. The van der Waals surface area contributed by atoms with E-state index in [1.54, 1.807) is 36.4 Å². The molecule has 0 aliphatic rings. The Morgan fingerprint density at radius 2 is 1.16 bits per heavy atom. The molecule has 0 saturated heterocycles. The fourth-order valence-electron chi connectivity index (χ4n) is 3.75. The molecule has 2 N–H and O–H groups in total. The van der Waals surface area contributed by atoms with E-state index in [2.05, 4.69) is 0 Å². The number of benzene rings is 2. The average Bonchev–Trinajstić information content (AvgIpc) is 2.79. The number of rotatable bonds is 6. The van der Waals surface area contributed by atoms with Crippen molar-refractivity contribution >= 4 is 27.7 Å². The van der Waals surface area contributed by atoms with E-state index in [-0.39, 0.29) is 33.8 Å². The molecule has 2 aromatic carbocycles. The Hall–Kier alpha value is -3.87. The lowest BCUT2D eigenvalue weighted by Gasteiger charge is -2.09. The molecule has 0 amide bonds. The van der Waals surface area contributed by atoms with E-state index in [1.165, 1.54) is 0 Å². The number of aromatic hydroxyl groups is 2. The number of hydrogen-bond acceptors (Lipinski definition) is 7. The topological polar surface area (TPSA) is 118 Å². The molecule has 164 valence electrons. The summed E-state index contributed by atoms with van der Waals surface area (Å²) < 4.78 is 10.5. The number of fused-ring (bicyclic) bond motifs is 2. The minimum Gasteiger partial charge on any atom is -0.507 e. The molecule has 32 heavy (non-hydrogen) atoms. The molecular weight excluding hydrogens is 412 g/mol. The van der Waals surface area contributed by atoms with Gasteiger partial charge in [0.2, 0.25) is 0 Å². The maximum absolute atomic E-state index is 12.7. The summed E-state index contributed by atoms with van der Waals surface area (Å²) in [5.74, 6) is -1.18. The highest BCUT2D eigenvalue weighted by Gasteiger charge is 2.21. The van der Waals surface area contributed by atoms with Crippen molar-refractivity contribution in [3.63, 3.8) is 0 Å². The first-order valence-corrected chi connectivity index (χ1v) is 10.4. The van der Waals surface area contributed by atoms with Gasteiger partial charge in [0, 0.05) is 12.8 Å². The molecule has 0 radical (unpaired) electrons. The van der Waals surface area contributed by atoms with Gasteiger partial charge in [0.25, 0.3) is 0 Å². The van der Waals surface area contributed by atoms with Crippen LogP contribution in [0.25, 0.3) is 21.9 Å². The molecule has 0 fully saturated rings. The lowest BCUT2D eigenvalue weighted by Crippen LogP contribution is -2.18. The molecule has 0 saturated carbocycles. The van der Waals surface area contributed by atoms with Gasteiger partial charge in [-0.15, -0.1) is 0 Å². The first-order valence-electron chi connectivity index (χ1n) is 10.4. The van der Waals surface area contributed by atoms with Crippen LogP contribution in [0, 0.1) is 0 Å². The van der Waals surface area contributed by atoms with Crippen molar-refractivity contribution in [3.05, 3.63) is 79.5 Å². The van der Waals surface area contributed by atoms with Gasteiger partial charge in [-0.25, -0.2) is 9.59 Å². The fraction of sp³-hybridized carbons (Fsp3) is 0.240. The lowest BCUT2D eigenvalue weighted by atomic mass is 10.00. The molecule has 0 spiro atoms. The lowest BCUT2D eigenvalue weighted by molar-refractivity contribution is -0.117. The van der Waals surface area contributed by atoms with E-state index in [1.807, 2.05) is 13.8 Å². The average molecular weight is 434 g/mol. The third-order valence-electron chi connectivity index (χ3n) is 5.63. The first-order chi connectivity index (χ1) is 15.3. The van der Waals surface area contributed by atoms with Crippen molar-refractivity contribution in [3.8, 4) is 11.5 Å². The van der Waals surface area contributed by atoms with Gasteiger partial charge in [-0.1, -0.05) is 26.0 Å². The van der Waals surface area contributed by atoms with Crippen LogP contribution in [0.4, 0.5) is 0 Å². The number of hydrogen-bond donors (Lipinski definition) is 2. The molecule has 4 rings (SSSR count). The Balaban J connectivity index is 1.70. The fourth-order valence-corrected chi connectivity index (χ4v) is 3.75. The van der Waals surface area contributed by atoms with Crippen LogP contribution in [-0.4, -0.2) is 16.0 Å². The van der Waals surface area contributed by atoms with Crippen LogP contribution in [0.2, 0.25) is 0 Å². The van der Waals surface area contributed by atoms with Crippen LogP contribution in [0.1, 0.15) is 36.1 Å². The van der Waals surface area contributed by atoms with Crippen LogP contribution in [-0.2, 0) is 30.5 Å². The third kappa shape index (κ3) is 3.77. The summed E-state index contributed by atoms with van der Waals surface area (Å²) in [7, 11) is 0. The minimum atomic E-state index is -0.824. The molecule has 4 aromatic rings. The van der Waals surface area contributed by atoms with Gasteiger partial charge in [0.1, 0.15) is 28.4 Å². The highest BCUT2D eigenvalue weighted by atomic mass is 16.4. The van der Waals surface area contributed by atoms with Crippen molar-refractivity contribution < 1.29 is 23.8 Å². The smallest absolute Gasteiger partial charge is 0.343 e. The predicted molar refractivity (Wildman–Crippen MR) is 119 cm³/mol. The Kier molecular flexibility index (Phi) is 5.57. The second-order valence-electron chi connectivity index (χ2n) is 7.69. The molecule has 2 heterocycles. The highest BCUT2D eigenvalue weighted by Crippen LogP contribution is 2.30. The second kappa shape index (κ2) is 8.34. The van der Waals surface area contributed by atoms with Gasteiger partial charge in [0.15, 0.2) is 0 Å². The Morgan fingerprint density at radius 3 is 1.53 bits per heavy atom. The number of carbonyl (C=O) groups is 1. The van der Waals surface area contributed by atoms with Crippen molar-refractivity contribution in [2.75, 3.05) is 0 Å². The summed E-state index contributed by atoms with van der Waals surface area (Å²) >= 11 is 0. The predicted octanol–water partition coefficient (Wildman–Crippen LogP) is 3.79. The SMILES string of the molecule is CCc1ccc2oc(=O)c(CC(=O)Cc3c(O)c4cc(CC)ccc4oc3=O)c(O)c2c1. The van der Waals surface area contributed by atoms with Crippen molar-refractivity contribution in [2.24, 2.45) is 0 Å². The maximum atomic E-state index is 12.7. The van der Waals surface area contributed by atoms with Crippen molar-refractivity contribution in [1.82, 2.24) is 0 Å². The van der Waals surface area contributed by atoms with Gasteiger partial charge in [-0.05, 0) is 48.2 Å². The van der Waals surface area contributed by atoms with Crippen LogP contribution < -0.4 is 11.3 Å². The highest BCUT2D eigenvalue weighted by molar-refractivity contribution is 5.91. The molecule has 0 aliphatic carbocycles. The van der Waals surface area contributed by atoms with E-state index in [0.717, 1.165) is 24.0 Å². The zero-order valence-electron chi connectivity index (χ0n) is 17.7. The molecule has 0 unspecified atom stereocenters. The Morgan fingerprint density at radius 1 is 0.750 bits per heavy atom. The maximum Gasteiger partial charge on any atom is 0.343 e. The van der Waals surface area contributed by atoms with Crippen molar-refractivity contribution in [1.29, 1.82) is 0 Å². The minimum absolute atomic E-state index is 0.186. The molecule has 7 nitrogen and oxygen atoms in total. The Labute approximate surface area is 182 Å². The van der Waals surface area contributed by atoms with Crippen LogP contribution in [0.15, 0.2) is 54.8 Å². The summed E-state index contributed by atoms with van der Waals surface area (Å²) in [6.07, 6.45) is 0.540. The first kappa shape index (κ1) is 21.4. The summed E-state index contributed by atoms with van der Waals surface area (Å²) in [5, 5.41) is 21.9. The number of Topliss-reactive ketones (excluding diaryl/α,β-unsaturated/α-hetero) is 1. The molecule has 0 bridgehead atoms. The number of aryl methyl sites for hydroxylation is 2. The van der Waals surface area contributed by atoms with E-state index in [4.69, 9.17) is 8.83 Å². The molecule has 2 aromatic heterocycles. The summed E-state index contributed by atoms with van der Waals surface area (Å²) in [6.45, 7) is 3.90. The van der Waals surface area contributed by atoms with Crippen LogP contribution >= 0.6 is 0 Å². The van der Waals surface area contributed by atoms with E-state index in [0.29, 0.717) is 10.8 Å². The Bertz CT molecular complexity index is 1360. The molecular formula is C25H22O7. The van der Waals surface area contributed by atoms with Gasteiger partial charge in [-0.3, -0.25) is 4.79 Å². The standard InChI is InChI=1S/C25H22O7/c1-3-13-5-7-20-16(9-13)22(27)18(24(29)31-20)11-15(26)12-19-23(28)17-10-14(4-2)6-8-21(17)32-25(19)30/h5-10,27-28H,3-4,11-12H2,1-2H3. The summed E-state index contributed by atoms with van der Waals surface area (Å²) in [5.41, 5.74) is 0.293. The summed E-state index contributed by atoms with van der Waals surface area (Å²) in [4.78, 5) is 37.5. The molecule has 7 heteroatoms. The molecule has 0 atom stereocenters.